The van der Waals surface area contributed by atoms with Crippen LogP contribution in [0.4, 0.5) is 0 Å². The van der Waals surface area contributed by atoms with Crippen LogP contribution < -0.4 is 10.2 Å². The predicted octanol–water partition coefficient (Wildman–Crippen LogP) is -2.55. The molecule has 2 aromatic rings. The molecule has 1 aromatic heterocycles. The lowest BCUT2D eigenvalue weighted by Gasteiger charge is -2.01. The monoisotopic (exact) mass is 246 g/mol. The van der Waals surface area contributed by atoms with Gasteiger partial charge in [-0.15, -0.1) is 10.2 Å². The lowest BCUT2D eigenvalue weighted by molar-refractivity contribution is -0.307. The Labute approximate surface area is 100 Å². The molecule has 18 heavy (non-hydrogen) atoms. The Bertz CT molecular complexity index is 590. The van der Waals surface area contributed by atoms with E-state index in [2.05, 4.69) is 15.4 Å². The zero-order chi connectivity index (χ0) is 13.1. The predicted molar refractivity (Wildman–Crippen MR) is 52.6 cm³/mol. The van der Waals surface area contributed by atoms with Crippen molar-refractivity contribution in [2.75, 3.05) is 0 Å². The van der Waals surface area contributed by atoms with Crippen LogP contribution in [0.5, 0.6) is 0 Å². The molecule has 0 aliphatic heterocycles. The molecule has 0 saturated carbocycles. The van der Waals surface area contributed by atoms with E-state index in [1.807, 2.05) is 0 Å². The molecule has 8 heteroatoms. The maximum atomic E-state index is 10.5. The van der Waals surface area contributed by atoms with Crippen LogP contribution in [0.15, 0.2) is 24.3 Å². The van der Waals surface area contributed by atoms with Gasteiger partial charge < -0.3 is 19.8 Å². The Hall–Kier alpha value is -2.77. The summed E-state index contributed by atoms with van der Waals surface area (Å²) in [6.07, 6.45) is 0. The number of aromatic nitrogens is 4. The van der Waals surface area contributed by atoms with E-state index in [0.29, 0.717) is 5.56 Å². The molecule has 0 saturated heterocycles. The molecular formula is C10H6N4O4-2. The molecule has 0 radical (unpaired) electrons. The molecule has 1 heterocycles. The van der Waals surface area contributed by atoms with Gasteiger partial charge in [0.15, 0.2) is 0 Å². The number of carboxylic acids is 2. The molecule has 0 N–H and O–H groups in total. The van der Waals surface area contributed by atoms with Gasteiger partial charge in [-0.2, -0.15) is 4.80 Å². The molecule has 2 rings (SSSR count). The summed E-state index contributed by atoms with van der Waals surface area (Å²) in [4.78, 5) is 21.7. The zero-order valence-corrected chi connectivity index (χ0v) is 8.94. The van der Waals surface area contributed by atoms with Gasteiger partial charge in [-0.25, -0.2) is 0 Å². The minimum absolute atomic E-state index is 0.0286. The average molecular weight is 246 g/mol. The van der Waals surface area contributed by atoms with Crippen LogP contribution in [0.25, 0.3) is 11.4 Å². The molecule has 0 aliphatic carbocycles. The quantitative estimate of drug-likeness (QED) is 0.581. The third kappa shape index (κ3) is 2.48. The number of rotatable bonds is 4. The van der Waals surface area contributed by atoms with Gasteiger partial charge in [-0.3, -0.25) is 0 Å². The lowest BCUT2D eigenvalue weighted by Crippen LogP contribution is -2.28. The SMILES string of the molecule is O=C([O-])Cn1nnc(-c2ccc(C(=O)[O-])cc2)n1. The van der Waals surface area contributed by atoms with Crippen molar-refractivity contribution in [2.45, 2.75) is 6.54 Å². The van der Waals surface area contributed by atoms with Crippen molar-refractivity contribution >= 4 is 11.9 Å². The number of aliphatic carboxylic acids is 1. The van der Waals surface area contributed by atoms with Gasteiger partial charge in [0.1, 0.15) is 6.54 Å². The van der Waals surface area contributed by atoms with Gasteiger partial charge in [0.2, 0.25) is 5.82 Å². The first-order valence-electron chi connectivity index (χ1n) is 4.85. The summed E-state index contributed by atoms with van der Waals surface area (Å²) >= 11 is 0. The Morgan fingerprint density at radius 2 is 1.83 bits per heavy atom. The van der Waals surface area contributed by atoms with Crippen LogP contribution in [-0.4, -0.2) is 32.1 Å². The van der Waals surface area contributed by atoms with Crippen LogP contribution in [0.2, 0.25) is 0 Å². The number of benzene rings is 1. The summed E-state index contributed by atoms with van der Waals surface area (Å²) in [6.45, 7) is -0.496. The second kappa shape index (κ2) is 4.62. The highest BCUT2D eigenvalue weighted by Gasteiger charge is 2.06. The smallest absolute Gasteiger partial charge is 0.204 e. The van der Waals surface area contributed by atoms with Crippen LogP contribution in [-0.2, 0) is 11.3 Å². The highest BCUT2D eigenvalue weighted by atomic mass is 16.4. The summed E-state index contributed by atoms with van der Waals surface area (Å²) in [5.41, 5.74) is 0.547. The minimum atomic E-state index is -1.33. The van der Waals surface area contributed by atoms with Gasteiger partial charge >= 0.3 is 0 Å². The highest BCUT2D eigenvalue weighted by molar-refractivity contribution is 5.86. The Morgan fingerprint density at radius 3 is 2.39 bits per heavy atom. The van der Waals surface area contributed by atoms with Crippen molar-refractivity contribution in [1.82, 2.24) is 20.2 Å². The Kier molecular flexibility index (Phi) is 3.00. The second-order valence-corrected chi connectivity index (χ2v) is 3.38. The molecule has 0 spiro atoms. The number of aromatic carboxylic acids is 1. The van der Waals surface area contributed by atoms with E-state index >= 15 is 0 Å². The van der Waals surface area contributed by atoms with E-state index < -0.39 is 18.5 Å². The van der Waals surface area contributed by atoms with E-state index in [-0.39, 0.29) is 11.4 Å². The number of hydrogen-bond donors (Lipinski definition) is 0. The number of carbonyl (C=O) groups excluding carboxylic acids is 2. The van der Waals surface area contributed by atoms with Gasteiger partial charge in [0.25, 0.3) is 0 Å². The summed E-state index contributed by atoms with van der Waals surface area (Å²) < 4.78 is 0. The highest BCUT2D eigenvalue weighted by Crippen LogP contribution is 2.13. The van der Waals surface area contributed by atoms with Gasteiger partial charge in [0.05, 0.1) is 11.9 Å². The first kappa shape index (κ1) is 11.7. The zero-order valence-electron chi connectivity index (χ0n) is 8.94. The normalized spacial score (nSPS) is 10.2. The van der Waals surface area contributed by atoms with E-state index in [0.717, 1.165) is 4.80 Å². The molecule has 92 valence electrons. The van der Waals surface area contributed by atoms with E-state index in [4.69, 9.17) is 0 Å². The fraction of sp³-hybridized carbons (Fsp3) is 0.100. The first-order valence-corrected chi connectivity index (χ1v) is 4.85. The van der Waals surface area contributed by atoms with Gasteiger partial charge in [-0.05, 0) is 10.8 Å². The summed E-state index contributed by atoms with van der Waals surface area (Å²) in [5, 5.41) is 31.8. The van der Waals surface area contributed by atoms with Crippen molar-refractivity contribution in [2.24, 2.45) is 0 Å². The largest absolute Gasteiger partial charge is 0.548 e. The number of nitrogens with zero attached hydrogens (tertiary/aromatic N) is 4. The number of hydrogen-bond acceptors (Lipinski definition) is 7. The third-order valence-electron chi connectivity index (χ3n) is 2.10. The fourth-order valence-electron chi connectivity index (χ4n) is 1.30. The van der Waals surface area contributed by atoms with E-state index in [1.165, 1.54) is 24.3 Å². The van der Waals surface area contributed by atoms with Crippen LogP contribution in [0.1, 0.15) is 10.4 Å². The molecule has 0 bridgehead atoms. The number of carboxylic acid groups (broad SMARTS) is 2. The summed E-state index contributed by atoms with van der Waals surface area (Å²) in [6, 6.07) is 5.63. The van der Waals surface area contributed by atoms with Crippen molar-refractivity contribution in [3.05, 3.63) is 29.8 Å². The van der Waals surface area contributed by atoms with Crippen molar-refractivity contribution < 1.29 is 19.8 Å². The van der Waals surface area contributed by atoms with Crippen molar-refractivity contribution in [3.8, 4) is 11.4 Å². The topological polar surface area (TPSA) is 124 Å². The molecule has 0 fully saturated rings. The summed E-state index contributed by atoms with van der Waals surface area (Å²) in [7, 11) is 0. The minimum Gasteiger partial charge on any atom is -0.548 e. The Balaban J connectivity index is 2.23. The molecule has 1 aromatic carbocycles. The van der Waals surface area contributed by atoms with Crippen LogP contribution in [0, 0.1) is 0 Å². The number of carbonyl (C=O) groups is 2. The maximum absolute atomic E-state index is 10.5. The fourth-order valence-corrected chi connectivity index (χ4v) is 1.30. The number of tetrazole rings is 1. The lowest BCUT2D eigenvalue weighted by atomic mass is 10.1. The summed E-state index contributed by atoms with van der Waals surface area (Å²) in [5.74, 6) is -2.41. The average Bonchev–Trinajstić information content (AvgIpc) is 2.76. The second-order valence-electron chi connectivity index (χ2n) is 3.38. The standard InChI is InChI=1S/C10H8N4O4/c15-8(16)5-14-12-9(11-13-14)6-1-3-7(4-2-6)10(17)18/h1-4H,5H2,(H,15,16)(H,17,18)/p-2. The molecular weight excluding hydrogens is 240 g/mol. The molecule has 8 nitrogen and oxygen atoms in total. The van der Waals surface area contributed by atoms with Gasteiger partial charge in [-0.1, -0.05) is 24.3 Å². The van der Waals surface area contributed by atoms with Crippen molar-refractivity contribution in [3.63, 3.8) is 0 Å². The first-order chi connectivity index (χ1) is 8.56. The van der Waals surface area contributed by atoms with Crippen LogP contribution >= 0.6 is 0 Å². The molecule has 0 atom stereocenters. The van der Waals surface area contributed by atoms with Crippen LogP contribution in [0.3, 0.4) is 0 Å². The van der Waals surface area contributed by atoms with E-state index in [1.54, 1.807) is 0 Å². The Morgan fingerprint density at radius 1 is 1.17 bits per heavy atom. The third-order valence-corrected chi connectivity index (χ3v) is 2.10. The maximum Gasteiger partial charge on any atom is 0.204 e. The molecule has 0 aliphatic rings. The molecule has 0 amide bonds. The van der Waals surface area contributed by atoms with Crippen molar-refractivity contribution in [1.29, 1.82) is 0 Å². The van der Waals surface area contributed by atoms with Gasteiger partial charge in [0, 0.05) is 5.56 Å². The van der Waals surface area contributed by atoms with E-state index in [9.17, 15) is 19.8 Å². The molecule has 0 unspecified atom stereocenters.